The van der Waals surface area contributed by atoms with Crippen molar-refractivity contribution in [3.63, 3.8) is 0 Å². The Labute approximate surface area is 137 Å². The van der Waals surface area contributed by atoms with Crippen molar-refractivity contribution in [1.29, 1.82) is 0 Å². The first kappa shape index (κ1) is 16.0. The largest absolute Gasteiger partial charge is 0.419 e. The van der Waals surface area contributed by atoms with Crippen LogP contribution in [-0.2, 0) is 17.1 Å². The third-order valence-electron chi connectivity index (χ3n) is 3.94. The molecule has 2 heterocycles. The summed E-state index contributed by atoms with van der Waals surface area (Å²) in [5, 5.41) is 1.91. The fourth-order valence-electron chi connectivity index (χ4n) is 2.36. The summed E-state index contributed by atoms with van der Waals surface area (Å²) < 4.78 is 33.3. The minimum atomic E-state index is -3.69. The molecule has 122 valence electrons. The zero-order valence-corrected chi connectivity index (χ0v) is 14.5. The summed E-state index contributed by atoms with van der Waals surface area (Å²) in [6.07, 6.45) is 0. The van der Waals surface area contributed by atoms with Gasteiger partial charge in [-0.1, -0.05) is 6.07 Å². The molecule has 0 aliphatic carbocycles. The highest BCUT2D eigenvalue weighted by Gasteiger charge is 2.27. The molecule has 1 aromatic carbocycles. The van der Waals surface area contributed by atoms with Gasteiger partial charge in [-0.25, -0.2) is 13.2 Å². The molecular weight excluding hydrogens is 336 g/mol. The van der Waals surface area contributed by atoms with Gasteiger partial charge in [0.05, 0.1) is 16.5 Å². The molecule has 0 N–H and O–H groups in total. The summed E-state index contributed by atoms with van der Waals surface area (Å²) >= 11 is 1.51. The lowest BCUT2D eigenvalue weighted by Crippen LogP contribution is -2.29. The Kier molecular flexibility index (Phi) is 3.91. The SMILES string of the molecule is CC(c1cccs1)N(C)S(=O)(=O)c1ccc2c(c1)oc(=O)n2C. The quantitative estimate of drug-likeness (QED) is 0.723. The molecule has 0 saturated heterocycles. The van der Waals surface area contributed by atoms with Crippen LogP contribution in [-0.4, -0.2) is 24.3 Å². The fourth-order valence-corrected chi connectivity index (χ4v) is 4.61. The fraction of sp³-hybridized carbons (Fsp3) is 0.267. The van der Waals surface area contributed by atoms with E-state index in [4.69, 9.17) is 4.42 Å². The predicted octanol–water partition coefficient (Wildman–Crippen LogP) is 2.57. The van der Waals surface area contributed by atoms with E-state index < -0.39 is 15.8 Å². The molecule has 1 unspecified atom stereocenters. The lowest BCUT2D eigenvalue weighted by Gasteiger charge is -2.23. The number of thiophene rings is 1. The number of aryl methyl sites for hydroxylation is 1. The summed E-state index contributed by atoms with van der Waals surface area (Å²) in [4.78, 5) is 12.6. The number of hydrogen-bond donors (Lipinski definition) is 0. The van der Waals surface area contributed by atoms with Crippen LogP contribution in [0.15, 0.2) is 49.8 Å². The van der Waals surface area contributed by atoms with Crippen LogP contribution in [0.25, 0.3) is 11.1 Å². The molecule has 6 nitrogen and oxygen atoms in total. The molecule has 8 heteroatoms. The van der Waals surface area contributed by atoms with E-state index in [9.17, 15) is 13.2 Å². The zero-order valence-electron chi connectivity index (χ0n) is 12.9. The molecule has 1 atom stereocenters. The topological polar surface area (TPSA) is 72.5 Å². The number of sulfonamides is 1. The molecule has 0 saturated carbocycles. The normalized spacial score (nSPS) is 13.7. The van der Waals surface area contributed by atoms with E-state index in [-0.39, 0.29) is 16.5 Å². The van der Waals surface area contributed by atoms with Crippen LogP contribution in [0.3, 0.4) is 0 Å². The van der Waals surface area contributed by atoms with Gasteiger partial charge in [-0.2, -0.15) is 4.31 Å². The van der Waals surface area contributed by atoms with E-state index in [0.717, 1.165) is 4.88 Å². The summed E-state index contributed by atoms with van der Waals surface area (Å²) in [6, 6.07) is 7.98. The van der Waals surface area contributed by atoms with Crippen LogP contribution < -0.4 is 5.76 Å². The maximum Gasteiger partial charge on any atom is 0.419 e. The minimum absolute atomic E-state index is 0.102. The van der Waals surface area contributed by atoms with E-state index in [0.29, 0.717) is 5.52 Å². The van der Waals surface area contributed by atoms with Gasteiger partial charge in [0.25, 0.3) is 0 Å². The van der Waals surface area contributed by atoms with Crippen molar-refractivity contribution in [2.45, 2.75) is 17.9 Å². The van der Waals surface area contributed by atoms with Gasteiger partial charge >= 0.3 is 5.76 Å². The summed E-state index contributed by atoms with van der Waals surface area (Å²) in [7, 11) is -0.567. The highest BCUT2D eigenvalue weighted by molar-refractivity contribution is 7.89. The molecule has 3 aromatic rings. The van der Waals surface area contributed by atoms with E-state index >= 15 is 0 Å². The highest BCUT2D eigenvalue weighted by atomic mass is 32.2. The van der Waals surface area contributed by atoms with Crippen LogP contribution in [0.2, 0.25) is 0 Å². The van der Waals surface area contributed by atoms with Gasteiger partial charge < -0.3 is 4.42 Å². The Morgan fingerprint density at radius 1 is 1.30 bits per heavy atom. The molecule has 23 heavy (non-hydrogen) atoms. The first-order valence-electron chi connectivity index (χ1n) is 6.93. The Hall–Kier alpha value is -1.90. The van der Waals surface area contributed by atoms with Crippen molar-refractivity contribution >= 4 is 32.5 Å². The molecule has 0 fully saturated rings. The van der Waals surface area contributed by atoms with Crippen molar-refractivity contribution in [3.05, 3.63) is 51.1 Å². The molecule has 0 bridgehead atoms. The average molecular weight is 352 g/mol. The maximum atomic E-state index is 12.8. The third-order valence-corrected chi connectivity index (χ3v) is 6.91. The standard InChI is InChI=1S/C15H16N2O4S2/c1-10(14-5-4-8-22-14)17(3)23(19,20)11-6-7-12-13(9-11)21-15(18)16(12)2/h4-10H,1-3H3. The molecular formula is C15H16N2O4S2. The average Bonchev–Trinajstić information content (AvgIpc) is 3.15. The van der Waals surface area contributed by atoms with Crippen molar-refractivity contribution in [3.8, 4) is 0 Å². The molecule has 0 radical (unpaired) electrons. The summed E-state index contributed by atoms with van der Waals surface area (Å²) in [5.41, 5.74) is 0.818. The summed E-state index contributed by atoms with van der Waals surface area (Å²) in [6.45, 7) is 1.84. The lowest BCUT2D eigenvalue weighted by atomic mass is 10.3. The first-order valence-corrected chi connectivity index (χ1v) is 9.25. The number of hydrogen-bond acceptors (Lipinski definition) is 5. The van der Waals surface area contributed by atoms with Crippen molar-refractivity contribution in [2.24, 2.45) is 7.05 Å². The molecule has 3 rings (SSSR count). The lowest BCUT2D eigenvalue weighted by molar-refractivity contribution is 0.403. The maximum absolute atomic E-state index is 12.8. The van der Waals surface area contributed by atoms with Gasteiger partial charge in [-0.05, 0) is 30.5 Å². The van der Waals surface area contributed by atoms with Crippen LogP contribution in [0.1, 0.15) is 17.8 Å². The molecule has 0 aliphatic rings. The second-order valence-corrected chi connectivity index (χ2v) is 8.25. The van der Waals surface area contributed by atoms with Crippen LogP contribution in [0.4, 0.5) is 0 Å². The number of oxazole rings is 1. The van der Waals surface area contributed by atoms with E-state index in [1.165, 1.54) is 32.3 Å². The molecule has 0 spiro atoms. The monoisotopic (exact) mass is 352 g/mol. The second kappa shape index (κ2) is 5.63. The highest BCUT2D eigenvalue weighted by Crippen LogP contribution is 2.29. The van der Waals surface area contributed by atoms with Crippen LogP contribution in [0, 0.1) is 0 Å². The van der Waals surface area contributed by atoms with Gasteiger partial charge in [0.1, 0.15) is 0 Å². The number of benzene rings is 1. The number of nitrogens with zero attached hydrogens (tertiary/aromatic N) is 2. The van der Waals surface area contributed by atoms with Gasteiger partial charge in [-0.15, -0.1) is 11.3 Å². The van der Waals surface area contributed by atoms with Crippen LogP contribution >= 0.6 is 11.3 Å². The van der Waals surface area contributed by atoms with Crippen LogP contribution in [0.5, 0.6) is 0 Å². The van der Waals surface area contributed by atoms with Crippen molar-refractivity contribution in [1.82, 2.24) is 8.87 Å². The van der Waals surface area contributed by atoms with E-state index in [1.54, 1.807) is 20.2 Å². The Bertz CT molecular complexity index is 1000. The minimum Gasteiger partial charge on any atom is -0.408 e. The Morgan fingerprint density at radius 2 is 2.04 bits per heavy atom. The first-order chi connectivity index (χ1) is 10.8. The predicted molar refractivity (Wildman–Crippen MR) is 89.1 cm³/mol. The van der Waals surface area contributed by atoms with Crippen molar-refractivity contribution < 1.29 is 12.8 Å². The van der Waals surface area contributed by atoms with Gasteiger partial charge in [0.2, 0.25) is 10.0 Å². The van der Waals surface area contributed by atoms with E-state index in [1.807, 2.05) is 24.4 Å². The number of aromatic nitrogens is 1. The zero-order chi connectivity index (χ0) is 16.8. The number of rotatable bonds is 4. The van der Waals surface area contributed by atoms with Crippen molar-refractivity contribution in [2.75, 3.05) is 7.05 Å². The summed E-state index contributed by atoms with van der Waals surface area (Å²) in [5.74, 6) is -0.519. The van der Waals surface area contributed by atoms with E-state index in [2.05, 4.69) is 0 Å². The van der Waals surface area contributed by atoms with Gasteiger partial charge in [0.15, 0.2) is 5.58 Å². The Balaban J connectivity index is 2.03. The molecule has 2 aromatic heterocycles. The second-order valence-electron chi connectivity index (χ2n) is 5.27. The van der Waals surface area contributed by atoms with Gasteiger partial charge in [-0.3, -0.25) is 4.57 Å². The smallest absolute Gasteiger partial charge is 0.408 e. The molecule has 0 aliphatic heterocycles. The third kappa shape index (κ3) is 2.62. The Morgan fingerprint density at radius 3 is 2.70 bits per heavy atom. The van der Waals surface area contributed by atoms with Gasteiger partial charge in [0, 0.05) is 25.0 Å². The number of fused-ring (bicyclic) bond motifs is 1. The molecule has 0 amide bonds.